The topological polar surface area (TPSA) is 92.7 Å². The van der Waals surface area contributed by atoms with Gasteiger partial charge in [-0.2, -0.15) is 0 Å². The van der Waals surface area contributed by atoms with Crippen LogP contribution in [0.15, 0.2) is 23.1 Å². The molecule has 2 N–H and O–H groups in total. The number of benzene rings is 1. The molecule has 1 unspecified atom stereocenters. The second kappa shape index (κ2) is 6.83. The first-order valence-electron chi connectivity index (χ1n) is 6.07. The number of carbonyl (C=O) groups is 1. The zero-order valence-corrected chi connectivity index (χ0v) is 12.5. The van der Waals surface area contributed by atoms with Crippen LogP contribution in [-0.2, 0) is 19.6 Å². The van der Waals surface area contributed by atoms with Gasteiger partial charge in [0.05, 0.1) is 17.4 Å². The van der Waals surface area contributed by atoms with Crippen molar-refractivity contribution in [3.8, 4) is 0 Å². The minimum Gasteiger partial charge on any atom is -0.481 e. The summed E-state index contributed by atoms with van der Waals surface area (Å²) in [5.41, 5.74) is 1.88. The van der Waals surface area contributed by atoms with Gasteiger partial charge >= 0.3 is 5.97 Å². The zero-order valence-electron chi connectivity index (χ0n) is 11.7. The normalized spacial score (nSPS) is 13.2. The summed E-state index contributed by atoms with van der Waals surface area (Å²) in [6.07, 6.45) is -0.958. The van der Waals surface area contributed by atoms with Crippen molar-refractivity contribution in [2.75, 3.05) is 13.7 Å². The number of carboxylic acids is 1. The van der Waals surface area contributed by atoms with Crippen LogP contribution in [0.3, 0.4) is 0 Å². The number of carboxylic acid groups (broad SMARTS) is 1. The first-order chi connectivity index (χ1) is 9.26. The molecule has 1 atom stereocenters. The first-order valence-corrected chi connectivity index (χ1v) is 7.56. The van der Waals surface area contributed by atoms with Crippen LogP contribution in [0, 0.1) is 13.8 Å². The molecule has 0 heterocycles. The Bertz CT molecular complexity index is 582. The fourth-order valence-corrected chi connectivity index (χ4v) is 2.75. The maximum absolute atomic E-state index is 12.1. The summed E-state index contributed by atoms with van der Waals surface area (Å²) >= 11 is 0. The number of aryl methyl sites for hydroxylation is 2. The Hall–Kier alpha value is -1.44. The van der Waals surface area contributed by atoms with Gasteiger partial charge in [0.25, 0.3) is 0 Å². The van der Waals surface area contributed by atoms with E-state index in [4.69, 9.17) is 9.84 Å². The van der Waals surface area contributed by atoms with Gasteiger partial charge in [-0.1, -0.05) is 6.07 Å². The summed E-state index contributed by atoms with van der Waals surface area (Å²) in [5, 5.41) is 8.67. The molecule has 0 bridgehead atoms. The maximum Gasteiger partial charge on any atom is 0.306 e. The van der Waals surface area contributed by atoms with Gasteiger partial charge in [-0.05, 0) is 37.1 Å². The van der Waals surface area contributed by atoms with Crippen LogP contribution >= 0.6 is 0 Å². The molecule has 0 aliphatic carbocycles. The highest BCUT2D eigenvalue weighted by Crippen LogP contribution is 2.14. The summed E-state index contributed by atoms with van der Waals surface area (Å²) < 4.78 is 31.5. The largest absolute Gasteiger partial charge is 0.481 e. The van der Waals surface area contributed by atoms with E-state index in [1.165, 1.54) is 13.2 Å². The van der Waals surface area contributed by atoms with E-state index in [1.54, 1.807) is 12.1 Å². The van der Waals surface area contributed by atoms with Crippen molar-refractivity contribution in [1.82, 2.24) is 4.72 Å². The number of sulfonamides is 1. The average Bonchev–Trinajstić information content (AvgIpc) is 2.37. The SMILES string of the molecule is COC(CNS(=O)(=O)c1ccc(C)c(C)c1)CC(=O)O. The molecule has 1 aromatic rings. The molecule has 0 aliphatic rings. The number of methoxy groups -OCH3 is 1. The third-order valence-corrected chi connectivity index (χ3v) is 4.45. The second-order valence-electron chi connectivity index (χ2n) is 4.55. The Morgan fingerprint density at radius 2 is 2.00 bits per heavy atom. The predicted molar refractivity (Wildman–Crippen MR) is 74.2 cm³/mol. The lowest BCUT2D eigenvalue weighted by Gasteiger charge is -2.14. The zero-order chi connectivity index (χ0) is 15.3. The van der Waals surface area contributed by atoms with Crippen LogP contribution in [0.1, 0.15) is 17.5 Å². The highest BCUT2D eigenvalue weighted by molar-refractivity contribution is 7.89. The summed E-state index contributed by atoms with van der Waals surface area (Å²) in [5.74, 6) is -1.04. The van der Waals surface area contributed by atoms with Crippen molar-refractivity contribution in [2.24, 2.45) is 0 Å². The number of hydrogen-bond acceptors (Lipinski definition) is 4. The molecule has 20 heavy (non-hydrogen) atoms. The first kappa shape index (κ1) is 16.6. The molecule has 0 aromatic heterocycles. The van der Waals surface area contributed by atoms with Gasteiger partial charge in [0.2, 0.25) is 10.0 Å². The monoisotopic (exact) mass is 301 g/mol. The van der Waals surface area contributed by atoms with Gasteiger partial charge in [0.15, 0.2) is 0 Å². The quantitative estimate of drug-likeness (QED) is 0.786. The fourth-order valence-electron chi connectivity index (χ4n) is 1.60. The smallest absolute Gasteiger partial charge is 0.306 e. The minimum absolute atomic E-state index is 0.0853. The lowest BCUT2D eigenvalue weighted by molar-refractivity contribution is -0.139. The maximum atomic E-state index is 12.1. The number of nitrogens with one attached hydrogen (secondary N) is 1. The molecule has 0 amide bonds. The molecule has 0 aliphatic heterocycles. The van der Waals surface area contributed by atoms with Crippen LogP contribution in [0.4, 0.5) is 0 Å². The molecule has 112 valence electrons. The lowest BCUT2D eigenvalue weighted by Crippen LogP contribution is -2.34. The third-order valence-electron chi connectivity index (χ3n) is 3.03. The third kappa shape index (κ3) is 4.59. The minimum atomic E-state index is -3.66. The van der Waals surface area contributed by atoms with E-state index >= 15 is 0 Å². The number of hydrogen-bond donors (Lipinski definition) is 2. The predicted octanol–water partition coefficient (Wildman–Crippen LogP) is 1.07. The molecule has 7 heteroatoms. The van der Waals surface area contributed by atoms with E-state index in [0.29, 0.717) is 0 Å². The van der Waals surface area contributed by atoms with Crippen molar-refractivity contribution in [2.45, 2.75) is 31.3 Å². The Kier molecular flexibility index (Phi) is 5.67. The van der Waals surface area contributed by atoms with Gasteiger partial charge in [-0.15, -0.1) is 0 Å². The highest BCUT2D eigenvalue weighted by atomic mass is 32.2. The molecular weight excluding hydrogens is 282 g/mol. The fraction of sp³-hybridized carbons (Fsp3) is 0.462. The summed E-state index contributed by atoms with van der Waals surface area (Å²) in [6.45, 7) is 3.64. The molecule has 0 saturated carbocycles. The molecule has 1 rings (SSSR count). The highest BCUT2D eigenvalue weighted by Gasteiger charge is 2.19. The molecular formula is C13H19NO5S. The van der Waals surface area contributed by atoms with Gasteiger partial charge in [0.1, 0.15) is 0 Å². The summed E-state index contributed by atoms with van der Waals surface area (Å²) in [7, 11) is -2.32. The number of rotatable bonds is 7. The Balaban J connectivity index is 2.79. The van der Waals surface area contributed by atoms with Crippen molar-refractivity contribution in [3.63, 3.8) is 0 Å². The van der Waals surface area contributed by atoms with E-state index < -0.39 is 22.1 Å². The Morgan fingerprint density at radius 1 is 1.35 bits per heavy atom. The lowest BCUT2D eigenvalue weighted by atomic mass is 10.1. The van der Waals surface area contributed by atoms with E-state index in [9.17, 15) is 13.2 Å². The van der Waals surface area contributed by atoms with Crippen molar-refractivity contribution < 1.29 is 23.1 Å². The van der Waals surface area contributed by atoms with E-state index in [0.717, 1.165) is 11.1 Å². The van der Waals surface area contributed by atoms with Gasteiger partial charge in [0, 0.05) is 13.7 Å². The van der Waals surface area contributed by atoms with Crippen LogP contribution in [0.2, 0.25) is 0 Å². The Morgan fingerprint density at radius 3 is 2.50 bits per heavy atom. The van der Waals surface area contributed by atoms with E-state index in [2.05, 4.69) is 4.72 Å². The van der Waals surface area contributed by atoms with Gasteiger partial charge in [-0.25, -0.2) is 13.1 Å². The van der Waals surface area contributed by atoms with E-state index in [-0.39, 0.29) is 17.9 Å². The molecule has 0 spiro atoms. The van der Waals surface area contributed by atoms with Gasteiger partial charge < -0.3 is 9.84 Å². The van der Waals surface area contributed by atoms with Crippen LogP contribution < -0.4 is 4.72 Å². The molecule has 1 aromatic carbocycles. The van der Waals surface area contributed by atoms with Gasteiger partial charge in [-0.3, -0.25) is 4.79 Å². The Labute approximate surface area is 118 Å². The molecule has 0 radical (unpaired) electrons. The van der Waals surface area contributed by atoms with E-state index in [1.807, 2.05) is 13.8 Å². The molecule has 6 nitrogen and oxygen atoms in total. The summed E-state index contributed by atoms with van der Waals surface area (Å²) in [6, 6.07) is 4.83. The van der Waals surface area contributed by atoms with Crippen molar-refractivity contribution >= 4 is 16.0 Å². The number of ether oxygens (including phenoxy) is 1. The standard InChI is InChI=1S/C13H19NO5S/c1-9-4-5-12(6-10(9)2)20(17,18)14-8-11(19-3)7-13(15)16/h4-6,11,14H,7-8H2,1-3H3,(H,15,16). The second-order valence-corrected chi connectivity index (χ2v) is 6.32. The average molecular weight is 301 g/mol. The number of aliphatic carboxylic acids is 1. The molecule has 0 fully saturated rings. The van der Waals surface area contributed by atoms with Crippen molar-refractivity contribution in [1.29, 1.82) is 0 Å². The molecule has 0 saturated heterocycles. The van der Waals surface area contributed by atoms with Crippen LogP contribution in [-0.4, -0.2) is 39.3 Å². The van der Waals surface area contributed by atoms with Crippen molar-refractivity contribution in [3.05, 3.63) is 29.3 Å². The van der Waals surface area contributed by atoms with Crippen LogP contribution in [0.5, 0.6) is 0 Å². The summed E-state index contributed by atoms with van der Waals surface area (Å²) in [4.78, 5) is 10.7. The van der Waals surface area contributed by atoms with Crippen LogP contribution in [0.25, 0.3) is 0 Å².